The highest BCUT2D eigenvalue weighted by Crippen LogP contribution is 2.11. The Morgan fingerprint density at radius 2 is 1.95 bits per heavy atom. The highest BCUT2D eigenvalue weighted by atomic mass is 16.5. The van der Waals surface area contributed by atoms with Crippen molar-refractivity contribution < 1.29 is 19.1 Å². The van der Waals surface area contributed by atoms with E-state index in [9.17, 15) is 9.59 Å². The summed E-state index contributed by atoms with van der Waals surface area (Å²) in [7, 11) is 1.60. The lowest BCUT2D eigenvalue weighted by Crippen LogP contribution is -2.25. The Morgan fingerprint density at radius 3 is 2.53 bits per heavy atom. The van der Waals surface area contributed by atoms with Crippen molar-refractivity contribution in [2.45, 2.75) is 6.92 Å². The number of hydrogen-bond donors (Lipinski definition) is 1. The fourth-order valence-corrected chi connectivity index (χ4v) is 1.31. The van der Waals surface area contributed by atoms with Gasteiger partial charge in [0.25, 0.3) is 0 Å². The van der Waals surface area contributed by atoms with Crippen molar-refractivity contribution in [2.24, 2.45) is 0 Å². The van der Waals surface area contributed by atoms with Gasteiger partial charge in [-0.2, -0.15) is 0 Å². The number of benzene rings is 1. The minimum absolute atomic E-state index is 0.178. The quantitative estimate of drug-likeness (QED) is 0.478. The zero-order chi connectivity index (χ0) is 14.1. The molecule has 1 amide bonds. The van der Waals surface area contributed by atoms with Crippen LogP contribution in [0.15, 0.2) is 30.3 Å². The van der Waals surface area contributed by atoms with Crippen molar-refractivity contribution in [3.63, 3.8) is 0 Å². The molecule has 0 fully saturated rings. The topological polar surface area (TPSA) is 64.6 Å². The van der Waals surface area contributed by atoms with E-state index in [1.807, 2.05) is 24.3 Å². The smallest absolute Gasteiger partial charge is 0.302 e. The molecule has 0 aliphatic carbocycles. The van der Waals surface area contributed by atoms with Gasteiger partial charge >= 0.3 is 5.97 Å². The Bertz CT molecular complexity index is 451. The normalized spacial score (nSPS) is 10.2. The largest absolute Gasteiger partial charge is 0.497 e. The van der Waals surface area contributed by atoms with Crippen LogP contribution in [0.2, 0.25) is 0 Å². The van der Waals surface area contributed by atoms with E-state index in [1.54, 1.807) is 13.2 Å². The second-order valence-electron chi connectivity index (χ2n) is 3.74. The average molecular weight is 263 g/mol. The summed E-state index contributed by atoms with van der Waals surface area (Å²) in [5, 5.41) is 2.60. The second kappa shape index (κ2) is 7.92. The van der Waals surface area contributed by atoms with Crippen molar-refractivity contribution in [1.82, 2.24) is 5.32 Å². The van der Waals surface area contributed by atoms with Gasteiger partial charge in [-0.15, -0.1) is 0 Å². The van der Waals surface area contributed by atoms with E-state index in [0.29, 0.717) is 6.54 Å². The fourth-order valence-electron chi connectivity index (χ4n) is 1.31. The molecular weight excluding hydrogens is 246 g/mol. The fraction of sp³-hybridized carbons (Fsp3) is 0.286. The van der Waals surface area contributed by atoms with Gasteiger partial charge in [0.1, 0.15) is 12.4 Å². The van der Waals surface area contributed by atoms with E-state index in [2.05, 4.69) is 10.1 Å². The van der Waals surface area contributed by atoms with E-state index in [0.717, 1.165) is 11.3 Å². The summed E-state index contributed by atoms with van der Waals surface area (Å²) in [5.41, 5.74) is 0.899. The maximum atomic E-state index is 11.4. The molecular formula is C14H17NO4. The number of methoxy groups -OCH3 is 1. The van der Waals surface area contributed by atoms with Gasteiger partial charge in [0, 0.05) is 13.0 Å². The number of rotatable bonds is 6. The zero-order valence-corrected chi connectivity index (χ0v) is 11.0. The molecule has 5 heteroatoms. The van der Waals surface area contributed by atoms with Crippen LogP contribution in [0.5, 0.6) is 5.75 Å². The molecule has 1 rings (SSSR count). The van der Waals surface area contributed by atoms with Gasteiger partial charge in [0.2, 0.25) is 5.91 Å². The van der Waals surface area contributed by atoms with Crippen molar-refractivity contribution in [3.05, 3.63) is 35.9 Å². The molecule has 0 radical (unpaired) electrons. The summed E-state index contributed by atoms with van der Waals surface area (Å²) in [6, 6.07) is 7.33. The summed E-state index contributed by atoms with van der Waals surface area (Å²) in [5.74, 6) is 0.175. The molecule has 0 saturated heterocycles. The molecule has 0 spiro atoms. The standard InChI is InChI=1S/C14H17NO4/c1-11(16)19-10-9-15-14(17)8-5-12-3-6-13(18-2)7-4-12/h3-8H,9-10H2,1-2H3,(H,15,17). The molecule has 0 atom stereocenters. The van der Waals surface area contributed by atoms with E-state index >= 15 is 0 Å². The Labute approximate surface area is 112 Å². The van der Waals surface area contributed by atoms with Gasteiger partial charge in [-0.1, -0.05) is 12.1 Å². The van der Waals surface area contributed by atoms with Crippen molar-refractivity contribution in [3.8, 4) is 5.75 Å². The molecule has 5 nitrogen and oxygen atoms in total. The number of amides is 1. The third-order valence-corrected chi connectivity index (χ3v) is 2.25. The molecule has 0 bridgehead atoms. The van der Waals surface area contributed by atoms with E-state index < -0.39 is 0 Å². The van der Waals surface area contributed by atoms with Crippen molar-refractivity contribution in [2.75, 3.05) is 20.3 Å². The third kappa shape index (κ3) is 6.26. The minimum Gasteiger partial charge on any atom is -0.497 e. The molecule has 1 N–H and O–H groups in total. The van der Waals surface area contributed by atoms with Gasteiger partial charge < -0.3 is 14.8 Å². The first-order valence-corrected chi connectivity index (χ1v) is 5.85. The lowest BCUT2D eigenvalue weighted by Gasteiger charge is -2.02. The predicted octanol–water partition coefficient (Wildman–Crippen LogP) is 1.39. The van der Waals surface area contributed by atoms with E-state index in [1.165, 1.54) is 13.0 Å². The number of ether oxygens (including phenoxy) is 2. The average Bonchev–Trinajstić information content (AvgIpc) is 2.41. The van der Waals surface area contributed by atoms with E-state index in [-0.39, 0.29) is 18.5 Å². The predicted molar refractivity (Wildman–Crippen MR) is 71.7 cm³/mol. The molecule has 0 aliphatic rings. The Hall–Kier alpha value is -2.30. The molecule has 0 aromatic heterocycles. The third-order valence-electron chi connectivity index (χ3n) is 2.25. The first-order valence-electron chi connectivity index (χ1n) is 5.85. The lowest BCUT2D eigenvalue weighted by molar-refractivity contribution is -0.141. The van der Waals surface area contributed by atoms with Crippen molar-refractivity contribution in [1.29, 1.82) is 0 Å². The Kier molecular flexibility index (Phi) is 6.15. The van der Waals surface area contributed by atoms with Gasteiger partial charge in [-0.05, 0) is 23.8 Å². The van der Waals surface area contributed by atoms with Crippen LogP contribution < -0.4 is 10.1 Å². The number of hydrogen-bond acceptors (Lipinski definition) is 4. The molecule has 0 heterocycles. The monoisotopic (exact) mass is 263 g/mol. The molecule has 102 valence electrons. The first kappa shape index (κ1) is 14.8. The van der Waals surface area contributed by atoms with Gasteiger partial charge in [0.15, 0.2) is 0 Å². The van der Waals surface area contributed by atoms with Gasteiger partial charge in [-0.3, -0.25) is 9.59 Å². The highest BCUT2D eigenvalue weighted by molar-refractivity contribution is 5.91. The maximum Gasteiger partial charge on any atom is 0.302 e. The van der Waals surface area contributed by atoms with E-state index in [4.69, 9.17) is 4.74 Å². The molecule has 19 heavy (non-hydrogen) atoms. The number of nitrogens with one attached hydrogen (secondary N) is 1. The summed E-state index contributed by atoms with van der Waals surface area (Å²) in [6.45, 7) is 1.80. The van der Waals surface area contributed by atoms with Gasteiger partial charge in [-0.25, -0.2) is 0 Å². The van der Waals surface area contributed by atoms with Crippen LogP contribution in [-0.4, -0.2) is 32.1 Å². The second-order valence-corrected chi connectivity index (χ2v) is 3.74. The molecule has 0 unspecified atom stereocenters. The first-order chi connectivity index (χ1) is 9.11. The van der Waals surface area contributed by atoms with Crippen LogP contribution in [0.25, 0.3) is 6.08 Å². The minimum atomic E-state index is -0.358. The number of carbonyl (C=O) groups excluding carboxylic acids is 2. The summed E-state index contributed by atoms with van der Waals surface area (Å²) in [6.07, 6.45) is 3.12. The van der Waals surface area contributed by atoms with Crippen molar-refractivity contribution >= 4 is 18.0 Å². The van der Waals surface area contributed by atoms with Crippen LogP contribution in [0, 0.1) is 0 Å². The van der Waals surface area contributed by atoms with Gasteiger partial charge in [0.05, 0.1) is 13.7 Å². The summed E-state index contributed by atoms with van der Waals surface area (Å²) < 4.78 is 9.72. The molecule has 1 aromatic carbocycles. The number of esters is 1. The van der Waals surface area contributed by atoms with Crippen LogP contribution in [0.3, 0.4) is 0 Å². The highest BCUT2D eigenvalue weighted by Gasteiger charge is 1.96. The van der Waals surface area contributed by atoms with Crippen LogP contribution >= 0.6 is 0 Å². The SMILES string of the molecule is COc1ccc(C=CC(=O)NCCOC(C)=O)cc1. The zero-order valence-electron chi connectivity index (χ0n) is 11.0. The van der Waals surface area contributed by atoms with Crippen LogP contribution in [0.4, 0.5) is 0 Å². The Balaban J connectivity index is 2.34. The lowest BCUT2D eigenvalue weighted by atomic mass is 10.2. The Morgan fingerprint density at radius 1 is 1.26 bits per heavy atom. The summed E-state index contributed by atoms with van der Waals surface area (Å²) >= 11 is 0. The number of carbonyl (C=O) groups is 2. The summed E-state index contributed by atoms with van der Waals surface area (Å²) in [4.78, 5) is 21.9. The maximum absolute atomic E-state index is 11.4. The molecule has 1 aromatic rings. The van der Waals surface area contributed by atoms with Crippen LogP contribution in [-0.2, 0) is 14.3 Å². The van der Waals surface area contributed by atoms with Crippen LogP contribution in [0.1, 0.15) is 12.5 Å². The molecule has 0 saturated carbocycles. The molecule has 0 aliphatic heterocycles.